The molecule has 22 heavy (non-hydrogen) atoms. The number of ketones is 2. The van der Waals surface area contributed by atoms with E-state index in [-0.39, 0.29) is 11.5 Å². The molecule has 0 unspecified atom stereocenters. The average Bonchev–Trinajstić information content (AvgIpc) is 2.56. The van der Waals surface area contributed by atoms with Crippen LogP contribution in [0.5, 0.6) is 11.5 Å². The molecule has 2 aromatic carbocycles. The van der Waals surface area contributed by atoms with E-state index in [2.05, 4.69) is 0 Å². The minimum absolute atomic E-state index is 0.109. The molecule has 0 heterocycles. The fourth-order valence-corrected chi connectivity index (χ4v) is 1.93. The molecule has 2 aromatic rings. The standard InChI is InChI=1S/C18H12O4/c19-15-11-12-16(20)18(22-14-9-5-2-6-10-14)17(15)21-13-7-3-1-4-8-13/h1-12H. The maximum atomic E-state index is 12.0. The predicted molar refractivity (Wildman–Crippen MR) is 80.3 cm³/mol. The third-order valence-corrected chi connectivity index (χ3v) is 2.97. The van der Waals surface area contributed by atoms with Gasteiger partial charge in [-0.25, -0.2) is 0 Å². The van der Waals surface area contributed by atoms with Gasteiger partial charge in [-0.2, -0.15) is 0 Å². The molecule has 3 rings (SSSR count). The van der Waals surface area contributed by atoms with Crippen molar-refractivity contribution in [3.05, 3.63) is 84.3 Å². The largest absolute Gasteiger partial charge is 0.449 e. The lowest BCUT2D eigenvalue weighted by atomic mass is 10.1. The number of ether oxygens (including phenoxy) is 2. The highest BCUT2D eigenvalue weighted by molar-refractivity contribution is 6.18. The van der Waals surface area contributed by atoms with Gasteiger partial charge in [0.05, 0.1) is 0 Å². The van der Waals surface area contributed by atoms with Gasteiger partial charge in [-0.3, -0.25) is 9.59 Å². The van der Waals surface area contributed by atoms with Gasteiger partial charge in [0.25, 0.3) is 0 Å². The minimum Gasteiger partial charge on any atom is -0.449 e. The Morgan fingerprint density at radius 1 is 0.545 bits per heavy atom. The number of carbonyl (C=O) groups excluding carboxylic acids is 2. The summed E-state index contributed by atoms with van der Waals surface area (Å²) < 4.78 is 11.1. The molecule has 0 N–H and O–H groups in total. The van der Waals surface area contributed by atoms with Gasteiger partial charge in [-0.05, 0) is 36.4 Å². The van der Waals surface area contributed by atoms with Crippen LogP contribution in [-0.4, -0.2) is 11.6 Å². The van der Waals surface area contributed by atoms with Gasteiger partial charge in [-0.1, -0.05) is 36.4 Å². The Labute approximate surface area is 127 Å². The summed E-state index contributed by atoms with van der Waals surface area (Å²) in [6, 6.07) is 17.6. The Kier molecular flexibility index (Phi) is 3.83. The van der Waals surface area contributed by atoms with Crippen molar-refractivity contribution in [2.24, 2.45) is 0 Å². The molecule has 0 saturated heterocycles. The van der Waals surface area contributed by atoms with Gasteiger partial charge in [0, 0.05) is 0 Å². The Morgan fingerprint density at radius 2 is 0.909 bits per heavy atom. The lowest BCUT2D eigenvalue weighted by Gasteiger charge is -2.15. The molecule has 0 atom stereocenters. The highest BCUT2D eigenvalue weighted by Gasteiger charge is 2.27. The fourth-order valence-electron chi connectivity index (χ4n) is 1.93. The van der Waals surface area contributed by atoms with Crippen molar-refractivity contribution in [2.75, 3.05) is 0 Å². The molecule has 0 fully saturated rings. The summed E-state index contributed by atoms with van der Waals surface area (Å²) in [5.74, 6) is -0.111. The van der Waals surface area contributed by atoms with E-state index in [1.165, 1.54) is 12.2 Å². The number of rotatable bonds is 4. The molecule has 4 nitrogen and oxygen atoms in total. The zero-order chi connectivity index (χ0) is 15.4. The number of allylic oxidation sites excluding steroid dienone is 2. The number of hydrogen-bond acceptors (Lipinski definition) is 4. The summed E-state index contributed by atoms with van der Waals surface area (Å²) in [6.07, 6.45) is 2.36. The quantitative estimate of drug-likeness (QED) is 0.813. The Hall–Kier alpha value is -3.14. The van der Waals surface area contributed by atoms with E-state index in [4.69, 9.17) is 9.47 Å². The first kappa shape index (κ1) is 13.8. The topological polar surface area (TPSA) is 52.6 Å². The molecule has 0 saturated carbocycles. The zero-order valence-corrected chi connectivity index (χ0v) is 11.6. The first-order valence-corrected chi connectivity index (χ1v) is 6.71. The zero-order valence-electron chi connectivity index (χ0n) is 11.6. The lowest BCUT2D eigenvalue weighted by molar-refractivity contribution is -0.118. The maximum Gasteiger partial charge on any atom is 0.225 e. The van der Waals surface area contributed by atoms with E-state index in [0.717, 1.165) is 0 Å². The first-order valence-electron chi connectivity index (χ1n) is 6.71. The Morgan fingerprint density at radius 3 is 1.27 bits per heavy atom. The highest BCUT2D eigenvalue weighted by Crippen LogP contribution is 2.23. The normalized spacial score (nSPS) is 14.2. The van der Waals surface area contributed by atoms with Crippen LogP contribution in [-0.2, 0) is 9.59 Å². The van der Waals surface area contributed by atoms with Crippen LogP contribution in [0.1, 0.15) is 0 Å². The van der Waals surface area contributed by atoms with Crippen molar-refractivity contribution < 1.29 is 19.1 Å². The lowest BCUT2D eigenvalue weighted by Crippen LogP contribution is -2.22. The summed E-state index contributed by atoms with van der Waals surface area (Å²) in [7, 11) is 0. The van der Waals surface area contributed by atoms with Crippen LogP contribution in [0.15, 0.2) is 84.3 Å². The summed E-state index contributed by atoms with van der Waals surface area (Å²) in [6.45, 7) is 0. The van der Waals surface area contributed by atoms with Gasteiger partial charge >= 0.3 is 0 Å². The molecule has 1 aliphatic carbocycles. The summed E-state index contributed by atoms with van der Waals surface area (Å²) >= 11 is 0. The summed E-state index contributed by atoms with van der Waals surface area (Å²) in [5.41, 5.74) is 0. The molecular formula is C18H12O4. The van der Waals surface area contributed by atoms with E-state index >= 15 is 0 Å². The second kappa shape index (κ2) is 6.10. The summed E-state index contributed by atoms with van der Waals surface area (Å²) in [5, 5.41) is 0. The van der Waals surface area contributed by atoms with Crippen molar-refractivity contribution in [3.8, 4) is 11.5 Å². The second-order valence-electron chi connectivity index (χ2n) is 4.55. The van der Waals surface area contributed by atoms with Crippen LogP contribution in [0, 0.1) is 0 Å². The van der Waals surface area contributed by atoms with Gasteiger partial charge in [-0.15, -0.1) is 0 Å². The number of para-hydroxylation sites is 2. The molecule has 0 radical (unpaired) electrons. The van der Waals surface area contributed by atoms with Crippen LogP contribution in [0.3, 0.4) is 0 Å². The molecule has 0 aliphatic heterocycles. The highest BCUT2D eigenvalue weighted by atomic mass is 16.5. The number of benzene rings is 2. The Balaban J connectivity index is 1.96. The number of hydrogen-bond donors (Lipinski definition) is 0. The van der Waals surface area contributed by atoms with E-state index in [0.29, 0.717) is 11.5 Å². The van der Waals surface area contributed by atoms with Crippen LogP contribution in [0.25, 0.3) is 0 Å². The van der Waals surface area contributed by atoms with Crippen LogP contribution < -0.4 is 9.47 Å². The van der Waals surface area contributed by atoms with E-state index in [1.54, 1.807) is 48.5 Å². The van der Waals surface area contributed by atoms with E-state index < -0.39 is 11.6 Å². The average molecular weight is 292 g/mol. The molecule has 0 spiro atoms. The van der Waals surface area contributed by atoms with Crippen molar-refractivity contribution in [2.45, 2.75) is 0 Å². The molecule has 0 amide bonds. The first-order chi connectivity index (χ1) is 10.7. The van der Waals surface area contributed by atoms with Crippen LogP contribution >= 0.6 is 0 Å². The van der Waals surface area contributed by atoms with Crippen molar-refractivity contribution in [1.29, 1.82) is 0 Å². The second-order valence-corrected chi connectivity index (χ2v) is 4.55. The van der Waals surface area contributed by atoms with Gasteiger partial charge < -0.3 is 9.47 Å². The molecular weight excluding hydrogens is 280 g/mol. The Bertz CT molecular complexity index is 693. The molecule has 0 aromatic heterocycles. The van der Waals surface area contributed by atoms with E-state index in [1.807, 2.05) is 12.1 Å². The van der Waals surface area contributed by atoms with Gasteiger partial charge in [0.15, 0.2) is 0 Å². The third-order valence-electron chi connectivity index (χ3n) is 2.97. The minimum atomic E-state index is -0.408. The molecule has 108 valence electrons. The van der Waals surface area contributed by atoms with Crippen LogP contribution in [0.2, 0.25) is 0 Å². The fraction of sp³-hybridized carbons (Fsp3) is 0. The monoisotopic (exact) mass is 292 g/mol. The number of carbonyl (C=O) groups is 2. The third kappa shape index (κ3) is 2.96. The summed E-state index contributed by atoms with van der Waals surface area (Å²) in [4.78, 5) is 24.1. The van der Waals surface area contributed by atoms with Gasteiger partial charge in [0.2, 0.25) is 23.1 Å². The van der Waals surface area contributed by atoms with Crippen molar-refractivity contribution in [3.63, 3.8) is 0 Å². The van der Waals surface area contributed by atoms with Gasteiger partial charge in [0.1, 0.15) is 11.5 Å². The SMILES string of the molecule is O=C1C=CC(=O)C(Oc2ccccc2)=C1Oc1ccccc1. The van der Waals surface area contributed by atoms with Crippen LogP contribution in [0.4, 0.5) is 0 Å². The molecule has 0 bridgehead atoms. The van der Waals surface area contributed by atoms with Crippen molar-refractivity contribution >= 4 is 11.6 Å². The van der Waals surface area contributed by atoms with Crippen molar-refractivity contribution in [1.82, 2.24) is 0 Å². The maximum absolute atomic E-state index is 12.0. The smallest absolute Gasteiger partial charge is 0.225 e. The predicted octanol–water partition coefficient (Wildman–Crippen LogP) is 3.06. The molecule has 1 aliphatic rings. The van der Waals surface area contributed by atoms with E-state index in [9.17, 15) is 9.59 Å². The molecule has 4 heteroatoms.